The predicted octanol–water partition coefficient (Wildman–Crippen LogP) is 4.43. The van der Waals surface area contributed by atoms with Gasteiger partial charge in [-0.25, -0.2) is 4.39 Å². The number of nitrogens with one attached hydrogen (secondary N) is 1. The smallest absolute Gasteiger partial charge is 0.261 e. The highest BCUT2D eigenvalue weighted by molar-refractivity contribution is 7.20. The summed E-state index contributed by atoms with van der Waals surface area (Å²) in [6.07, 6.45) is 0.840. The number of halogens is 2. The van der Waals surface area contributed by atoms with Crippen LogP contribution in [0.3, 0.4) is 0 Å². The fourth-order valence-electron chi connectivity index (χ4n) is 1.87. The largest absolute Gasteiger partial charge is 0.351 e. The molecule has 0 fully saturated rings. The highest BCUT2D eigenvalue weighted by Crippen LogP contribution is 2.26. The number of alkyl halides is 1. The molecule has 0 atom stereocenters. The number of carbonyl (C=O) groups excluding carboxylic acids is 1. The lowest BCUT2D eigenvalue weighted by atomic mass is 9.90. The number of hydrogen-bond acceptors (Lipinski definition) is 2. The van der Waals surface area contributed by atoms with E-state index in [2.05, 4.69) is 19.2 Å². The van der Waals surface area contributed by atoms with Crippen molar-refractivity contribution < 1.29 is 9.18 Å². The fraction of sp³-hybridized carbons (Fsp3) is 0.400. The summed E-state index contributed by atoms with van der Waals surface area (Å²) in [6, 6.07) is 6.34. The lowest BCUT2D eigenvalue weighted by molar-refractivity contribution is 0.0940. The molecule has 20 heavy (non-hydrogen) atoms. The van der Waals surface area contributed by atoms with Gasteiger partial charge in [0.15, 0.2) is 0 Å². The van der Waals surface area contributed by atoms with Crippen molar-refractivity contribution >= 4 is 38.9 Å². The van der Waals surface area contributed by atoms with Crippen LogP contribution in [0.1, 0.15) is 29.9 Å². The summed E-state index contributed by atoms with van der Waals surface area (Å²) in [5.41, 5.74) is -0.0276. The molecule has 0 unspecified atom stereocenters. The van der Waals surface area contributed by atoms with Gasteiger partial charge in [-0.05, 0) is 35.4 Å². The van der Waals surface area contributed by atoms with E-state index in [1.807, 2.05) is 0 Å². The van der Waals surface area contributed by atoms with Crippen molar-refractivity contribution in [1.82, 2.24) is 5.32 Å². The Morgan fingerprint density at radius 1 is 1.40 bits per heavy atom. The van der Waals surface area contributed by atoms with E-state index in [0.717, 1.165) is 16.5 Å². The van der Waals surface area contributed by atoms with Crippen molar-refractivity contribution in [3.8, 4) is 0 Å². The molecule has 1 aromatic heterocycles. The van der Waals surface area contributed by atoms with Crippen molar-refractivity contribution in [1.29, 1.82) is 0 Å². The average molecular weight is 314 g/mol. The zero-order chi connectivity index (χ0) is 14.8. The summed E-state index contributed by atoms with van der Waals surface area (Å²) in [5, 5.41) is 3.81. The molecule has 0 bridgehead atoms. The summed E-state index contributed by atoms with van der Waals surface area (Å²) in [4.78, 5) is 12.7. The minimum Gasteiger partial charge on any atom is -0.351 e. The summed E-state index contributed by atoms with van der Waals surface area (Å²) in [6.45, 7) is 4.70. The second kappa shape index (κ2) is 6.10. The summed E-state index contributed by atoms with van der Waals surface area (Å²) in [7, 11) is 0. The molecule has 1 heterocycles. The van der Waals surface area contributed by atoms with Crippen LogP contribution in [0.4, 0.5) is 4.39 Å². The van der Waals surface area contributed by atoms with Crippen LogP contribution in [0.2, 0.25) is 0 Å². The molecule has 0 aliphatic heterocycles. The van der Waals surface area contributed by atoms with E-state index in [1.165, 1.54) is 23.5 Å². The molecular formula is C15H17ClFNOS. The van der Waals surface area contributed by atoms with Gasteiger partial charge < -0.3 is 5.32 Å². The van der Waals surface area contributed by atoms with Gasteiger partial charge in [0, 0.05) is 17.1 Å². The van der Waals surface area contributed by atoms with E-state index >= 15 is 0 Å². The Morgan fingerprint density at radius 2 is 2.15 bits per heavy atom. The molecule has 5 heteroatoms. The molecular weight excluding hydrogens is 297 g/mol. The number of amides is 1. The van der Waals surface area contributed by atoms with E-state index in [0.29, 0.717) is 17.3 Å². The van der Waals surface area contributed by atoms with E-state index in [9.17, 15) is 9.18 Å². The minimum atomic E-state index is -0.283. The first-order valence-electron chi connectivity index (χ1n) is 6.44. The van der Waals surface area contributed by atoms with Crippen molar-refractivity contribution in [2.75, 3.05) is 12.4 Å². The molecule has 1 amide bonds. The maximum atomic E-state index is 13.1. The lowest BCUT2D eigenvalue weighted by Gasteiger charge is -2.23. The Balaban J connectivity index is 2.08. The van der Waals surface area contributed by atoms with Crippen LogP contribution in [0.25, 0.3) is 10.1 Å². The molecule has 0 spiro atoms. The zero-order valence-corrected chi connectivity index (χ0v) is 13.1. The maximum Gasteiger partial charge on any atom is 0.261 e. The van der Waals surface area contributed by atoms with Crippen molar-refractivity contribution in [3.05, 3.63) is 35.0 Å². The second-order valence-electron chi connectivity index (χ2n) is 5.58. The number of thiophene rings is 1. The Kier molecular flexibility index (Phi) is 4.66. The Labute approximate surface area is 126 Å². The Bertz CT molecular complexity index is 623. The van der Waals surface area contributed by atoms with Crippen molar-refractivity contribution in [2.45, 2.75) is 20.3 Å². The summed E-state index contributed by atoms with van der Waals surface area (Å²) < 4.78 is 13.9. The summed E-state index contributed by atoms with van der Waals surface area (Å²) >= 11 is 7.05. The Hall–Kier alpha value is -1.13. The quantitative estimate of drug-likeness (QED) is 0.813. The van der Waals surface area contributed by atoms with Crippen LogP contribution >= 0.6 is 22.9 Å². The molecule has 2 nitrogen and oxygen atoms in total. The van der Waals surface area contributed by atoms with Gasteiger partial charge in [0.25, 0.3) is 5.91 Å². The van der Waals surface area contributed by atoms with Gasteiger partial charge in [-0.2, -0.15) is 0 Å². The van der Waals surface area contributed by atoms with Gasteiger partial charge in [-0.1, -0.05) is 19.9 Å². The second-order valence-corrected chi connectivity index (χ2v) is 7.04. The SMILES string of the molecule is CC(C)(CCCl)CNC(=O)c1cc2ccc(F)cc2s1. The standard InChI is InChI=1S/C15H17ClFNOS/c1-15(2,5-6-16)9-18-14(19)13-7-10-3-4-11(17)8-12(10)20-13/h3-4,7-8H,5-6,9H2,1-2H3,(H,18,19). The number of fused-ring (bicyclic) bond motifs is 1. The number of benzene rings is 1. The number of hydrogen-bond donors (Lipinski definition) is 1. The molecule has 1 N–H and O–H groups in total. The van der Waals surface area contributed by atoms with E-state index in [4.69, 9.17) is 11.6 Å². The molecule has 0 saturated heterocycles. The number of carbonyl (C=O) groups is 1. The predicted molar refractivity (Wildman–Crippen MR) is 83.2 cm³/mol. The molecule has 2 aromatic rings. The van der Waals surface area contributed by atoms with E-state index in [-0.39, 0.29) is 17.1 Å². The van der Waals surface area contributed by atoms with Crippen LogP contribution < -0.4 is 5.32 Å². The molecule has 0 radical (unpaired) electrons. The van der Waals surface area contributed by atoms with Gasteiger partial charge in [-0.15, -0.1) is 22.9 Å². The maximum absolute atomic E-state index is 13.1. The van der Waals surface area contributed by atoms with Crippen molar-refractivity contribution in [3.63, 3.8) is 0 Å². The molecule has 0 saturated carbocycles. The van der Waals surface area contributed by atoms with Crippen molar-refractivity contribution in [2.24, 2.45) is 5.41 Å². The third-order valence-electron chi connectivity index (χ3n) is 3.20. The van der Waals surface area contributed by atoms with E-state index in [1.54, 1.807) is 12.1 Å². The monoisotopic (exact) mass is 313 g/mol. The highest BCUT2D eigenvalue weighted by Gasteiger charge is 2.19. The van der Waals surface area contributed by atoms with Gasteiger partial charge in [0.1, 0.15) is 5.82 Å². The topological polar surface area (TPSA) is 29.1 Å². The average Bonchev–Trinajstić information content (AvgIpc) is 2.79. The van der Waals surface area contributed by atoms with Crippen LogP contribution in [0.5, 0.6) is 0 Å². The van der Waals surface area contributed by atoms with Crippen LogP contribution in [0.15, 0.2) is 24.3 Å². The zero-order valence-electron chi connectivity index (χ0n) is 11.5. The lowest BCUT2D eigenvalue weighted by Crippen LogP contribution is -2.33. The first-order chi connectivity index (χ1) is 9.41. The molecule has 2 rings (SSSR count). The Morgan fingerprint density at radius 3 is 2.85 bits per heavy atom. The van der Waals surface area contributed by atoms with Gasteiger partial charge in [0.2, 0.25) is 0 Å². The third kappa shape index (κ3) is 3.70. The van der Waals surface area contributed by atoms with Gasteiger partial charge in [-0.3, -0.25) is 4.79 Å². The minimum absolute atomic E-state index is 0.0276. The normalized spacial score (nSPS) is 11.8. The van der Waals surface area contributed by atoms with E-state index < -0.39 is 0 Å². The summed E-state index contributed by atoms with van der Waals surface area (Å²) in [5.74, 6) is 0.175. The van der Waals surface area contributed by atoms with Crippen LogP contribution in [-0.4, -0.2) is 18.3 Å². The first kappa shape index (κ1) is 15.3. The van der Waals surface area contributed by atoms with Crippen LogP contribution in [0, 0.1) is 11.2 Å². The molecule has 0 aliphatic rings. The highest BCUT2D eigenvalue weighted by atomic mass is 35.5. The fourth-order valence-corrected chi connectivity index (χ4v) is 3.38. The van der Waals surface area contributed by atoms with Gasteiger partial charge >= 0.3 is 0 Å². The third-order valence-corrected chi connectivity index (χ3v) is 4.49. The van der Waals surface area contributed by atoms with Gasteiger partial charge in [0.05, 0.1) is 4.88 Å². The van der Waals surface area contributed by atoms with Crippen LogP contribution in [-0.2, 0) is 0 Å². The first-order valence-corrected chi connectivity index (χ1v) is 7.80. The molecule has 0 aliphatic carbocycles. The number of rotatable bonds is 5. The molecule has 1 aromatic carbocycles. The molecule has 108 valence electrons.